The van der Waals surface area contributed by atoms with E-state index in [0.29, 0.717) is 22.6 Å². The highest BCUT2D eigenvalue weighted by Gasteiger charge is 2.12. The van der Waals surface area contributed by atoms with Crippen LogP contribution in [0, 0.1) is 0 Å². The highest BCUT2D eigenvalue weighted by molar-refractivity contribution is 6.09. The molecule has 3 aromatic rings. The molecule has 0 unspecified atom stereocenters. The molecule has 0 radical (unpaired) electrons. The summed E-state index contributed by atoms with van der Waals surface area (Å²) < 4.78 is 5.59. The number of rotatable bonds is 4. The van der Waals surface area contributed by atoms with Crippen LogP contribution < -0.4 is 4.74 Å². The number of benzene rings is 3. The summed E-state index contributed by atoms with van der Waals surface area (Å²) in [6.07, 6.45) is 0. The average Bonchev–Trinajstić information content (AvgIpc) is 2.58. The van der Waals surface area contributed by atoms with Gasteiger partial charge >= 0.3 is 0 Å². The van der Waals surface area contributed by atoms with Gasteiger partial charge in [-0.3, -0.25) is 4.79 Å². The van der Waals surface area contributed by atoms with Crippen LogP contribution in [0.4, 0.5) is 0 Å². The van der Waals surface area contributed by atoms with Crippen molar-refractivity contribution in [1.82, 2.24) is 0 Å². The Bertz CT molecular complexity index is 780. The molecule has 3 rings (SSSR count). The van der Waals surface area contributed by atoms with E-state index in [-0.39, 0.29) is 11.5 Å². The molecule has 0 saturated heterocycles. The van der Waals surface area contributed by atoms with Crippen molar-refractivity contribution in [2.45, 2.75) is 0 Å². The zero-order chi connectivity index (χ0) is 15.4. The van der Waals surface area contributed by atoms with Crippen LogP contribution in [-0.4, -0.2) is 10.9 Å². The van der Waals surface area contributed by atoms with Crippen LogP contribution in [0.25, 0.3) is 0 Å². The number of phenols is 1. The Morgan fingerprint density at radius 2 is 1.41 bits per heavy atom. The molecule has 22 heavy (non-hydrogen) atoms. The molecule has 0 saturated carbocycles. The fraction of sp³-hybridized carbons (Fsp3) is 0. The molecule has 3 aromatic carbocycles. The average molecular weight is 290 g/mol. The quantitative estimate of drug-likeness (QED) is 0.724. The number of carbonyl (C=O) groups is 1. The summed E-state index contributed by atoms with van der Waals surface area (Å²) in [7, 11) is 0. The summed E-state index contributed by atoms with van der Waals surface area (Å²) in [5.74, 6) is 0.739. The summed E-state index contributed by atoms with van der Waals surface area (Å²) in [4.78, 5) is 12.3. The lowest BCUT2D eigenvalue weighted by Gasteiger charge is -2.09. The molecule has 0 aliphatic heterocycles. The van der Waals surface area contributed by atoms with Gasteiger partial charge in [0.25, 0.3) is 0 Å². The fourth-order valence-corrected chi connectivity index (χ4v) is 2.12. The smallest absolute Gasteiger partial charge is 0.193 e. The first-order valence-electron chi connectivity index (χ1n) is 6.90. The highest BCUT2D eigenvalue weighted by Crippen LogP contribution is 2.31. The molecular formula is C19H14O3. The number of para-hydroxylation sites is 1. The highest BCUT2D eigenvalue weighted by atomic mass is 16.5. The number of hydrogen-bond donors (Lipinski definition) is 1. The predicted octanol–water partition coefficient (Wildman–Crippen LogP) is 4.42. The van der Waals surface area contributed by atoms with E-state index in [1.807, 2.05) is 24.3 Å². The van der Waals surface area contributed by atoms with Crippen molar-refractivity contribution in [2.75, 3.05) is 0 Å². The van der Waals surface area contributed by atoms with Crippen LogP contribution in [0.2, 0.25) is 0 Å². The van der Waals surface area contributed by atoms with Crippen LogP contribution in [0.3, 0.4) is 0 Å². The first-order valence-corrected chi connectivity index (χ1v) is 6.90. The first kappa shape index (κ1) is 13.9. The molecule has 0 atom stereocenters. The Morgan fingerprint density at radius 1 is 0.773 bits per heavy atom. The van der Waals surface area contributed by atoms with E-state index < -0.39 is 0 Å². The van der Waals surface area contributed by atoms with E-state index in [2.05, 4.69) is 0 Å². The molecule has 108 valence electrons. The van der Waals surface area contributed by atoms with Gasteiger partial charge in [0, 0.05) is 11.1 Å². The summed E-state index contributed by atoms with van der Waals surface area (Å²) in [5, 5.41) is 10.1. The minimum Gasteiger partial charge on any atom is -0.504 e. The SMILES string of the molecule is O=C(c1ccccc1)c1ccc(Oc2ccccc2)c(O)c1. The van der Waals surface area contributed by atoms with Gasteiger partial charge in [-0.05, 0) is 30.3 Å². The third kappa shape index (κ3) is 2.99. The molecule has 0 amide bonds. The van der Waals surface area contributed by atoms with Crippen molar-refractivity contribution in [3.8, 4) is 17.2 Å². The molecule has 0 spiro atoms. The molecule has 0 fully saturated rings. The van der Waals surface area contributed by atoms with E-state index in [4.69, 9.17) is 4.74 Å². The summed E-state index contributed by atoms with van der Waals surface area (Å²) in [6.45, 7) is 0. The first-order chi connectivity index (χ1) is 10.7. The molecule has 0 heterocycles. The molecule has 0 aliphatic carbocycles. The zero-order valence-electron chi connectivity index (χ0n) is 11.8. The molecule has 0 bridgehead atoms. The minimum absolute atomic E-state index is 0.0642. The van der Waals surface area contributed by atoms with Crippen molar-refractivity contribution in [3.63, 3.8) is 0 Å². The van der Waals surface area contributed by atoms with Gasteiger partial charge in [-0.2, -0.15) is 0 Å². The summed E-state index contributed by atoms with van der Waals surface area (Å²) in [5.41, 5.74) is 1.00. The lowest BCUT2D eigenvalue weighted by molar-refractivity contribution is 0.103. The normalized spacial score (nSPS) is 10.2. The third-order valence-electron chi connectivity index (χ3n) is 3.23. The van der Waals surface area contributed by atoms with Gasteiger partial charge in [-0.25, -0.2) is 0 Å². The number of ether oxygens (including phenoxy) is 1. The van der Waals surface area contributed by atoms with E-state index >= 15 is 0 Å². The number of hydrogen-bond acceptors (Lipinski definition) is 3. The number of carbonyl (C=O) groups excluding carboxylic acids is 1. The van der Waals surface area contributed by atoms with E-state index in [0.717, 1.165) is 0 Å². The van der Waals surface area contributed by atoms with Gasteiger partial charge in [0.2, 0.25) is 0 Å². The fourth-order valence-electron chi connectivity index (χ4n) is 2.12. The second-order valence-corrected chi connectivity index (χ2v) is 4.79. The second-order valence-electron chi connectivity index (χ2n) is 4.79. The van der Waals surface area contributed by atoms with Gasteiger partial charge < -0.3 is 9.84 Å². The van der Waals surface area contributed by atoms with Gasteiger partial charge in [0.1, 0.15) is 5.75 Å². The number of phenolic OH excluding ortho intramolecular Hbond substituents is 1. The van der Waals surface area contributed by atoms with E-state index in [1.165, 1.54) is 6.07 Å². The lowest BCUT2D eigenvalue weighted by atomic mass is 10.0. The van der Waals surface area contributed by atoms with Gasteiger partial charge in [-0.1, -0.05) is 48.5 Å². The van der Waals surface area contributed by atoms with Gasteiger partial charge in [0.05, 0.1) is 0 Å². The van der Waals surface area contributed by atoms with Crippen molar-refractivity contribution in [2.24, 2.45) is 0 Å². The van der Waals surface area contributed by atoms with Crippen LogP contribution >= 0.6 is 0 Å². The third-order valence-corrected chi connectivity index (χ3v) is 3.23. The molecular weight excluding hydrogens is 276 g/mol. The number of ketones is 1. The van der Waals surface area contributed by atoms with Crippen molar-refractivity contribution in [1.29, 1.82) is 0 Å². The Balaban J connectivity index is 1.85. The Labute approximate surface area is 128 Å². The predicted molar refractivity (Wildman–Crippen MR) is 84.5 cm³/mol. The summed E-state index contributed by atoms with van der Waals surface area (Å²) in [6, 6.07) is 22.8. The molecule has 0 aromatic heterocycles. The molecule has 1 N–H and O–H groups in total. The zero-order valence-corrected chi connectivity index (χ0v) is 11.8. The monoisotopic (exact) mass is 290 g/mol. The maximum atomic E-state index is 12.3. The van der Waals surface area contributed by atoms with Crippen molar-refractivity contribution >= 4 is 5.78 Å². The molecule has 0 aliphatic rings. The maximum Gasteiger partial charge on any atom is 0.193 e. The summed E-state index contributed by atoms with van der Waals surface area (Å²) >= 11 is 0. The Hall–Kier alpha value is -3.07. The van der Waals surface area contributed by atoms with E-state index in [1.54, 1.807) is 48.5 Å². The van der Waals surface area contributed by atoms with Crippen molar-refractivity contribution < 1.29 is 14.6 Å². The van der Waals surface area contributed by atoms with Crippen LogP contribution in [0.15, 0.2) is 78.9 Å². The van der Waals surface area contributed by atoms with Crippen LogP contribution in [-0.2, 0) is 0 Å². The van der Waals surface area contributed by atoms with Crippen molar-refractivity contribution in [3.05, 3.63) is 90.0 Å². The topological polar surface area (TPSA) is 46.5 Å². The minimum atomic E-state index is -0.137. The number of aromatic hydroxyl groups is 1. The van der Waals surface area contributed by atoms with Crippen LogP contribution in [0.5, 0.6) is 17.2 Å². The van der Waals surface area contributed by atoms with Crippen LogP contribution in [0.1, 0.15) is 15.9 Å². The lowest BCUT2D eigenvalue weighted by Crippen LogP contribution is -2.00. The molecule has 3 heteroatoms. The Morgan fingerprint density at radius 3 is 2.05 bits per heavy atom. The maximum absolute atomic E-state index is 12.3. The Kier molecular flexibility index (Phi) is 3.88. The largest absolute Gasteiger partial charge is 0.504 e. The second kappa shape index (κ2) is 6.14. The van der Waals surface area contributed by atoms with Gasteiger partial charge in [0.15, 0.2) is 17.3 Å². The van der Waals surface area contributed by atoms with E-state index in [9.17, 15) is 9.90 Å². The van der Waals surface area contributed by atoms with Gasteiger partial charge in [-0.15, -0.1) is 0 Å². The standard InChI is InChI=1S/C19H14O3/c20-17-13-15(19(21)14-7-3-1-4-8-14)11-12-18(17)22-16-9-5-2-6-10-16/h1-13,20H. The molecule has 3 nitrogen and oxygen atoms in total.